The first-order valence-corrected chi connectivity index (χ1v) is 6.39. The minimum Gasteiger partial charge on any atom is -0.480 e. The quantitative estimate of drug-likeness (QED) is 0.735. The third-order valence-corrected chi connectivity index (χ3v) is 3.34. The monoisotopic (exact) mass is 274 g/mol. The van der Waals surface area contributed by atoms with Gasteiger partial charge in [-0.1, -0.05) is 0 Å². The molecule has 3 atom stereocenters. The summed E-state index contributed by atoms with van der Waals surface area (Å²) < 4.78 is 5.02. The number of aliphatic carboxylic acids is 1. The molecule has 0 radical (unpaired) electrons. The summed E-state index contributed by atoms with van der Waals surface area (Å²) in [5.41, 5.74) is 0. The maximum atomic E-state index is 12.4. The lowest BCUT2D eigenvalue weighted by atomic mass is 10.2. The van der Waals surface area contributed by atoms with Crippen LogP contribution < -0.4 is 0 Å². The van der Waals surface area contributed by atoms with Gasteiger partial charge in [-0.05, 0) is 13.8 Å². The topological polar surface area (TPSA) is 90.3 Å². The largest absolute Gasteiger partial charge is 0.480 e. The number of nitrogens with zero attached hydrogens (tertiary/aromatic N) is 2. The predicted octanol–water partition coefficient (Wildman–Crippen LogP) is -0.0170. The average Bonchev–Trinajstić information content (AvgIpc) is 2.72. The van der Waals surface area contributed by atoms with Gasteiger partial charge in [0, 0.05) is 26.6 Å². The molecule has 1 unspecified atom stereocenters. The number of aliphatic hydroxyl groups is 1. The van der Waals surface area contributed by atoms with Gasteiger partial charge < -0.3 is 24.7 Å². The third kappa shape index (κ3) is 3.57. The highest BCUT2D eigenvalue weighted by Gasteiger charge is 2.41. The molecule has 0 spiro atoms. The van der Waals surface area contributed by atoms with Crippen LogP contribution in [-0.4, -0.2) is 77.0 Å². The number of amides is 2. The summed E-state index contributed by atoms with van der Waals surface area (Å²) in [7, 11) is 1.55. The third-order valence-electron chi connectivity index (χ3n) is 3.34. The van der Waals surface area contributed by atoms with Crippen LogP contribution >= 0.6 is 0 Å². The molecule has 0 bridgehead atoms. The summed E-state index contributed by atoms with van der Waals surface area (Å²) in [6.45, 7) is 4.57. The summed E-state index contributed by atoms with van der Waals surface area (Å²) in [6, 6.07) is -1.46. The number of carboxylic acid groups (broad SMARTS) is 1. The zero-order valence-corrected chi connectivity index (χ0v) is 11.6. The first-order chi connectivity index (χ1) is 8.92. The molecule has 0 saturated carbocycles. The standard InChI is InChI=1S/C12H22N2O5/c1-4-13(8(2)7-19-3)12(18)14-6-9(15)5-10(14)11(16)17/h8-10,15H,4-7H2,1-3H3,(H,16,17)/t8?,9-,10+/m1/s1. The molecule has 110 valence electrons. The number of hydrogen-bond donors (Lipinski definition) is 2. The van der Waals surface area contributed by atoms with E-state index in [1.54, 1.807) is 12.0 Å². The van der Waals surface area contributed by atoms with E-state index in [0.29, 0.717) is 13.2 Å². The minimum absolute atomic E-state index is 0.0615. The molecule has 1 aliphatic rings. The van der Waals surface area contributed by atoms with E-state index in [1.165, 1.54) is 4.90 Å². The van der Waals surface area contributed by atoms with E-state index in [2.05, 4.69) is 0 Å². The van der Waals surface area contributed by atoms with E-state index in [0.717, 1.165) is 0 Å². The van der Waals surface area contributed by atoms with E-state index < -0.39 is 18.1 Å². The van der Waals surface area contributed by atoms with Gasteiger partial charge in [0.1, 0.15) is 6.04 Å². The predicted molar refractivity (Wildman–Crippen MR) is 67.9 cm³/mol. The molecule has 1 fully saturated rings. The summed E-state index contributed by atoms with van der Waals surface area (Å²) in [6.07, 6.45) is -0.696. The number of urea groups is 1. The molecular formula is C12H22N2O5. The Bertz CT molecular complexity index is 336. The maximum absolute atomic E-state index is 12.4. The number of β-amino-alcohol motifs (C(OH)–C–C–N with tert-alkyl or cyclic N) is 1. The van der Waals surface area contributed by atoms with Gasteiger partial charge in [0.2, 0.25) is 0 Å². The van der Waals surface area contributed by atoms with Crippen molar-refractivity contribution >= 4 is 12.0 Å². The summed E-state index contributed by atoms with van der Waals surface area (Å²) in [5, 5.41) is 18.7. The van der Waals surface area contributed by atoms with Crippen molar-refractivity contribution < 1.29 is 24.5 Å². The van der Waals surface area contributed by atoms with Crippen LogP contribution in [-0.2, 0) is 9.53 Å². The summed E-state index contributed by atoms with van der Waals surface area (Å²) in [5.74, 6) is -1.08. The smallest absolute Gasteiger partial charge is 0.326 e. The van der Waals surface area contributed by atoms with Gasteiger partial charge in [-0.25, -0.2) is 9.59 Å². The Morgan fingerprint density at radius 3 is 2.63 bits per heavy atom. The Balaban J connectivity index is 2.81. The zero-order chi connectivity index (χ0) is 14.6. The van der Waals surface area contributed by atoms with Gasteiger partial charge >= 0.3 is 12.0 Å². The number of rotatable bonds is 5. The van der Waals surface area contributed by atoms with Crippen LogP contribution in [0.3, 0.4) is 0 Å². The highest BCUT2D eigenvalue weighted by Crippen LogP contribution is 2.20. The van der Waals surface area contributed by atoms with Gasteiger partial charge in [-0.2, -0.15) is 0 Å². The molecule has 0 aromatic rings. The molecular weight excluding hydrogens is 252 g/mol. The van der Waals surface area contributed by atoms with Crippen LogP contribution in [0.5, 0.6) is 0 Å². The molecule has 2 amide bonds. The fourth-order valence-corrected chi connectivity index (χ4v) is 2.39. The number of aliphatic hydroxyl groups excluding tert-OH is 1. The summed E-state index contributed by atoms with van der Waals surface area (Å²) >= 11 is 0. The number of likely N-dealkylation sites (tertiary alicyclic amines) is 1. The van der Waals surface area contributed by atoms with Gasteiger partial charge in [-0.15, -0.1) is 0 Å². The Morgan fingerprint density at radius 2 is 2.16 bits per heavy atom. The normalized spacial score (nSPS) is 24.3. The van der Waals surface area contributed by atoms with Crippen LogP contribution in [0.15, 0.2) is 0 Å². The van der Waals surface area contributed by atoms with Crippen LogP contribution in [0.4, 0.5) is 4.79 Å². The van der Waals surface area contributed by atoms with Crippen molar-refractivity contribution in [3.63, 3.8) is 0 Å². The SMILES string of the molecule is CCN(C(=O)N1C[C@H](O)C[C@H]1C(=O)O)C(C)COC. The molecule has 7 nitrogen and oxygen atoms in total. The molecule has 0 aromatic heterocycles. The number of carboxylic acids is 1. The van der Waals surface area contributed by atoms with Crippen molar-refractivity contribution in [3.8, 4) is 0 Å². The fraction of sp³-hybridized carbons (Fsp3) is 0.833. The Hall–Kier alpha value is -1.34. The Kier molecular flexibility index (Phi) is 5.56. The molecule has 1 rings (SSSR count). The van der Waals surface area contributed by atoms with Gasteiger partial charge in [0.05, 0.1) is 18.8 Å². The second-order valence-corrected chi connectivity index (χ2v) is 4.77. The van der Waals surface area contributed by atoms with Gasteiger partial charge in [0.15, 0.2) is 0 Å². The lowest BCUT2D eigenvalue weighted by Crippen LogP contribution is -2.51. The lowest BCUT2D eigenvalue weighted by molar-refractivity contribution is -0.141. The Morgan fingerprint density at radius 1 is 1.53 bits per heavy atom. The van der Waals surface area contributed by atoms with Crippen LogP contribution in [0.1, 0.15) is 20.3 Å². The van der Waals surface area contributed by atoms with E-state index in [9.17, 15) is 14.7 Å². The minimum atomic E-state index is -1.08. The van der Waals surface area contributed by atoms with Crippen molar-refractivity contribution in [3.05, 3.63) is 0 Å². The number of methoxy groups -OCH3 is 1. The molecule has 1 heterocycles. The number of carbonyl (C=O) groups excluding carboxylic acids is 1. The molecule has 19 heavy (non-hydrogen) atoms. The zero-order valence-electron chi connectivity index (χ0n) is 11.6. The van der Waals surface area contributed by atoms with Gasteiger partial charge in [0.25, 0.3) is 0 Å². The first kappa shape index (κ1) is 15.7. The highest BCUT2D eigenvalue weighted by atomic mass is 16.5. The lowest BCUT2D eigenvalue weighted by Gasteiger charge is -2.33. The molecule has 0 aliphatic carbocycles. The number of hydrogen-bond acceptors (Lipinski definition) is 4. The van der Waals surface area contributed by atoms with Crippen LogP contribution in [0.25, 0.3) is 0 Å². The van der Waals surface area contributed by atoms with Crippen molar-refractivity contribution in [2.45, 2.75) is 38.5 Å². The average molecular weight is 274 g/mol. The fourth-order valence-electron chi connectivity index (χ4n) is 2.39. The highest BCUT2D eigenvalue weighted by molar-refractivity contribution is 5.83. The van der Waals surface area contributed by atoms with Crippen molar-refractivity contribution in [2.75, 3.05) is 26.8 Å². The maximum Gasteiger partial charge on any atom is 0.326 e. The molecule has 1 saturated heterocycles. The number of carbonyl (C=O) groups is 2. The summed E-state index contributed by atoms with van der Waals surface area (Å²) in [4.78, 5) is 26.3. The van der Waals surface area contributed by atoms with E-state index in [4.69, 9.17) is 9.84 Å². The van der Waals surface area contributed by atoms with Crippen molar-refractivity contribution in [1.82, 2.24) is 9.80 Å². The Labute approximate surface area is 112 Å². The molecule has 0 aromatic carbocycles. The second-order valence-electron chi connectivity index (χ2n) is 4.77. The number of likely N-dealkylation sites (N-methyl/N-ethyl adjacent to an activating group) is 1. The number of ether oxygens (including phenoxy) is 1. The van der Waals surface area contributed by atoms with Crippen LogP contribution in [0, 0.1) is 0 Å². The van der Waals surface area contributed by atoms with Crippen molar-refractivity contribution in [2.24, 2.45) is 0 Å². The first-order valence-electron chi connectivity index (χ1n) is 6.39. The molecule has 1 aliphatic heterocycles. The molecule has 2 N–H and O–H groups in total. The second kappa shape index (κ2) is 6.72. The molecule has 7 heteroatoms. The van der Waals surface area contributed by atoms with Crippen LogP contribution in [0.2, 0.25) is 0 Å². The van der Waals surface area contributed by atoms with E-state index in [-0.39, 0.29) is 25.0 Å². The van der Waals surface area contributed by atoms with Gasteiger partial charge in [-0.3, -0.25) is 0 Å². The van der Waals surface area contributed by atoms with Crippen molar-refractivity contribution in [1.29, 1.82) is 0 Å². The van der Waals surface area contributed by atoms with E-state index in [1.807, 2.05) is 13.8 Å². The van der Waals surface area contributed by atoms with E-state index >= 15 is 0 Å².